The summed E-state index contributed by atoms with van der Waals surface area (Å²) in [5.41, 5.74) is 1.70. The average molecular weight is 423 g/mol. The third-order valence-electron chi connectivity index (χ3n) is 6.04. The lowest BCUT2D eigenvalue weighted by atomic mass is 9.91. The molecule has 1 aromatic heterocycles. The maximum atomic E-state index is 13.1. The first-order valence-corrected chi connectivity index (χ1v) is 10.8. The van der Waals surface area contributed by atoms with Crippen molar-refractivity contribution in [1.29, 1.82) is 0 Å². The predicted octanol–water partition coefficient (Wildman–Crippen LogP) is 3.93. The van der Waals surface area contributed by atoms with E-state index in [1.807, 2.05) is 38.1 Å². The third kappa shape index (κ3) is 4.33. The number of benzene rings is 1. The molecule has 2 N–H and O–H groups in total. The molecule has 1 aliphatic heterocycles. The van der Waals surface area contributed by atoms with E-state index in [0.717, 1.165) is 30.0 Å². The van der Waals surface area contributed by atoms with E-state index in [4.69, 9.17) is 4.98 Å². The van der Waals surface area contributed by atoms with Gasteiger partial charge in [-0.2, -0.15) is 4.98 Å². The van der Waals surface area contributed by atoms with Crippen molar-refractivity contribution in [3.05, 3.63) is 30.5 Å². The molecular weight excluding hydrogens is 392 g/mol. The summed E-state index contributed by atoms with van der Waals surface area (Å²) < 4.78 is 0. The van der Waals surface area contributed by atoms with Crippen molar-refractivity contribution in [3.63, 3.8) is 0 Å². The van der Waals surface area contributed by atoms with Gasteiger partial charge in [0.05, 0.1) is 11.6 Å². The van der Waals surface area contributed by atoms with Crippen LogP contribution in [0.1, 0.15) is 46.5 Å². The Morgan fingerprint density at radius 1 is 1.19 bits per heavy atom. The summed E-state index contributed by atoms with van der Waals surface area (Å²) in [7, 11) is 1.80. The van der Waals surface area contributed by atoms with Crippen molar-refractivity contribution in [2.75, 3.05) is 34.0 Å². The minimum atomic E-state index is -0.516. The van der Waals surface area contributed by atoms with Crippen molar-refractivity contribution < 1.29 is 9.59 Å². The molecule has 1 saturated carbocycles. The van der Waals surface area contributed by atoms with Gasteiger partial charge in [-0.15, -0.1) is 0 Å². The maximum absolute atomic E-state index is 13.1. The van der Waals surface area contributed by atoms with Crippen LogP contribution in [0, 0.1) is 5.41 Å². The molecule has 0 bridgehead atoms. The zero-order valence-electron chi connectivity index (χ0n) is 18.6. The van der Waals surface area contributed by atoms with Crippen LogP contribution in [-0.4, -0.2) is 41.4 Å². The largest absolute Gasteiger partial charge is 0.351 e. The van der Waals surface area contributed by atoms with Gasteiger partial charge in [0.15, 0.2) is 5.82 Å². The zero-order chi connectivity index (χ0) is 22.2. The molecular formula is C23H30N6O2. The number of hydrogen-bond acceptors (Lipinski definition) is 6. The van der Waals surface area contributed by atoms with Crippen molar-refractivity contribution in [2.24, 2.45) is 5.41 Å². The van der Waals surface area contributed by atoms with Gasteiger partial charge < -0.3 is 20.4 Å². The van der Waals surface area contributed by atoms with Gasteiger partial charge >= 0.3 is 0 Å². The Labute approximate surface area is 183 Å². The Morgan fingerprint density at radius 2 is 1.90 bits per heavy atom. The van der Waals surface area contributed by atoms with E-state index in [1.54, 1.807) is 18.1 Å². The number of aromatic nitrogens is 2. The first kappa shape index (κ1) is 21.1. The molecule has 4 rings (SSSR count). The lowest BCUT2D eigenvalue weighted by Gasteiger charge is -2.34. The summed E-state index contributed by atoms with van der Waals surface area (Å²) in [5.74, 6) is 1.20. The van der Waals surface area contributed by atoms with Crippen LogP contribution in [0.5, 0.6) is 0 Å². The molecule has 0 atom stereocenters. The quantitative estimate of drug-likeness (QED) is 0.776. The maximum Gasteiger partial charge on any atom is 0.234 e. The summed E-state index contributed by atoms with van der Waals surface area (Å²) in [6.45, 7) is 6.11. The summed E-state index contributed by atoms with van der Waals surface area (Å²) >= 11 is 0. The first-order valence-electron chi connectivity index (χ1n) is 10.8. The highest BCUT2D eigenvalue weighted by Crippen LogP contribution is 2.40. The molecule has 1 aliphatic carbocycles. The summed E-state index contributed by atoms with van der Waals surface area (Å²) in [6.07, 6.45) is 6.35. The standard InChI is InChI=1S/C23H30N6O2/c1-15(30)25-16-8-7-9-17(12-16)26-22-24-13-19-20(27-22)29(18-10-5-6-11-18)14-23(2,3)21(31)28(19)4/h7-9,12-13,18H,5-6,10-11,14H2,1-4H3,(H,25,30)(H,24,26,27). The molecule has 8 heteroatoms. The minimum Gasteiger partial charge on any atom is -0.351 e. The van der Waals surface area contributed by atoms with E-state index in [9.17, 15) is 9.59 Å². The normalized spacial score (nSPS) is 18.5. The van der Waals surface area contributed by atoms with E-state index in [1.165, 1.54) is 19.8 Å². The van der Waals surface area contributed by atoms with Crippen molar-refractivity contribution in [3.8, 4) is 0 Å². The van der Waals surface area contributed by atoms with Crippen LogP contribution in [0.2, 0.25) is 0 Å². The molecule has 2 aromatic rings. The van der Waals surface area contributed by atoms with Crippen LogP contribution in [0.3, 0.4) is 0 Å². The van der Waals surface area contributed by atoms with Crippen molar-refractivity contribution in [1.82, 2.24) is 9.97 Å². The Hall–Kier alpha value is -3.16. The fraction of sp³-hybridized carbons (Fsp3) is 0.478. The molecule has 0 unspecified atom stereocenters. The predicted molar refractivity (Wildman–Crippen MR) is 123 cm³/mol. The number of anilines is 5. The highest BCUT2D eigenvalue weighted by atomic mass is 16.2. The molecule has 2 aliphatic rings. The molecule has 0 spiro atoms. The highest BCUT2D eigenvalue weighted by Gasteiger charge is 2.41. The van der Waals surface area contributed by atoms with E-state index in [-0.39, 0.29) is 11.8 Å². The van der Waals surface area contributed by atoms with Crippen molar-refractivity contribution >= 4 is 40.6 Å². The Morgan fingerprint density at radius 3 is 2.61 bits per heavy atom. The summed E-state index contributed by atoms with van der Waals surface area (Å²) in [4.78, 5) is 37.8. The lowest BCUT2D eigenvalue weighted by molar-refractivity contribution is -0.125. The lowest BCUT2D eigenvalue weighted by Crippen LogP contribution is -2.45. The van der Waals surface area contributed by atoms with Crippen LogP contribution >= 0.6 is 0 Å². The van der Waals surface area contributed by atoms with Crippen LogP contribution < -0.4 is 20.4 Å². The number of rotatable bonds is 4. The second-order valence-corrected chi connectivity index (χ2v) is 9.10. The number of hydrogen-bond donors (Lipinski definition) is 2. The smallest absolute Gasteiger partial charge is 0.234 e. The average Bonchev–Trinajstić information content (AvgIpc) is 3.23. The molecule has 1 fully saturated rings. The number of carbonyl (C=O) groups excluding carboxylic acids is 2. The number of fused-ring (bicyclic) bond motifs is 1. The summed E-state index contributed by atoms with van der Waals surface area (Å²) in [6, 6.07) is 7.80. The minimum absolute atomic E-state index is 0.0709. The second-order valence-electron chi connectivity index (χ2n) is 9.10. The topological polar surface area (TPSA) is 90.5 Å². The van der Waals surface area contributed by atoms with Gasteiger partial charge in [0.25, 0.3) is 0 Å². The van der Waals surface area contributed by atoms with Crippen LogP contribution in [0.4, 0.5) is 28.8 Å². The van der Waals surface area contributed by atoms with Crippen LogP contribution in [-0.2, 0) is 9.59 Å². The fourth-order valence-corrected chi connectivity index (χ4v) is 4.53. The van der Waals surface area contributed by atoms with Crippen LogP contribution in [0.25, 0.3) is 0 Å². The Bertz CT molecular complexity index is 999. The van der Waals surface area contributed by atoms with E-state index >= 15 is 0 Å². The molecule has 164 valence electrons. The molecule has 8 nitrogen and oxygen atoms in total. The van der Waals surface area contributed by atoms with Gasteiger partial charge in [0, 0.05) is 37.9 Å². The SMILES string of the molecule is CC(=O)Nc1cccc(Nc2ncc3c(n2)N(C2CCCC2)CC(C)(C)C(=O)N3C)c1. The molecule has 2 amide bonds. The number of carbonyl (C=O) groups is 2. The fourth-order valence-electron chi connectivity index (χ4n) is 4.53. The molecule has 0 radical (unpaired) electrons. The number of nitrogens with zero attached hydrogens (tertiary/aromatic N) is 4. The van der Waals surface area contributed by atoms with Gasteiger partial charge in [0.2, 0.25) is 17.8 Å². The Balaban J connectivity index is 1.70. The number of nitrogens with one attached hydrogen (secondary N) is 2. The van der Waals surface area contributed by atoms with Crippen LogP contribution in [0.15, 0.2) is 30.5 Å². The van der Waals surface area contributed by atoms with Gasteiger partial charge in [-0.1, -0.05) is 18.9 Å². The summed E-state index contributed by atoms with van der Waals surface area (Å²) in [5, 5.41) is 6.02. The van der Waals surface area contributed by atoms with E-state index in [2.05, 4.69) is 20.5 Å². The monoisotopic (exact) mass is 422 g/mol. The Kier molecular flexibility index (Phi) is 5.56. The van der Waals surface area contributed by atoms with Gasteiger partial charge in [0.1, 0.15) is 5.69 Å². The van der Waals surface area contributed by atoms with Gasteiger partial charge in [-0.3, -0.25) is 9.59 Å². The molecule has 31 heavy (non-hydrogen) atoms. The van der Waals surface area contributed by atoms with Gasteiger partial charge in [-0.05, 0) is 44.9 Å². The zero-order valence-corrected chi connectivity index (χ0v) is 18.6. The third-order valence-corrected chi connectivity index (χ3v) is 6.04. The highest BCUT2D eigenvalue weighted by molar-refractivity contribution is 6.00. The molecule has 1 aromatic carbocycles. The van der Waals surface area contributed by atoms with E-state index in [0.29, 0.717) is 24.2 Å². The number of amides is 2. The first-order chi connectivity index (χ1) is 14.7. The van der Waals surface area contributed by atoms with E-state index < -0.39 is 5.41 Å². The van der Waals surface area contributed by atoms with Crippen molar-refractivity contribution in [2.45, 2.75) is 52.5 Å². The molecule has 0 saturated heterocycles. The second kappa shape index (κ2) is 8.17. The van der Waals surface area contributed by atoms with Gasteiger partial charge in [-0.25, -0.2) is 4.98 Å². The molecule has 2 heterocycles.